The summed E-state index contributed by atoms with van der Waals surface area (Å²) in [5.41, 5.74) is 3.05. The summed E-state index contributed by atoms with van der Waals surface area (Å²) >= 11 is 0. The summed E-state index contributed by atoms with van der Waals surface area (Å²) in [4.78, 5) is 12.2. The number of para-hydroxylation sites is 1. The maximum absolute atomic E-state index is 12.2. The van der Waals surface area contributed by atoms with Crippen LogP contribution in [0.1, 0.15) is 12.5 Å². The highest BCUT2D eigenvalue weighted by Gasteiger charge is 2.15. The van der Waals surface area contributed by atoms with Gasteiger partial charge in [-0.15, -0.1) is 0 Å². The van der Waals surface area contributed by atoms with E-state index in [1.54, 1.807) is 24.1 Å². The first-order chi connectivity index (χ1) is 13.7. The van der Waals surface area contributed by atoms with Crippen molar-refractivity contribution in [3.8, 4) is 28.8 Å². The number of methoxy groups -OCH3 is 1. The Morgan fingerprint density at radius 2 is 2.04 bits per heavy atom. The van der Waals surface area contributed by atoms with E-state index in [9.17, 15) is 10.1 Å². The molecular formula is C22H20N4O2. The minimum absolute atomic E-state index is 0.0265. The Bertz CT molecular complexity index is 1050. The van der Waals surface area contributed by atoms with Crippen molar-refractivity contribution in [2.24, 2.45) is 0 Å². The molecule has 1 heterocycles. The highest BCUT2D eigenvalue weighted by molar-refractivity contribution is 6.02. The molecule has 2 aromatic carbocycles. The number of nitriles is 1. The summed E-state index contributed by atoms with van der Waals surface area (Å²) in [6, 6.07) is 19.1. The molecule has 3 aromatic rings. The molecule has 0 aliphatic heterocycles. The van der Waals surface area contributed by atoms with Gasteiger partial charge in [-0.3, -0.25) is 4.79 Å². The number of hydrogen-bond acceptors (Lipinski definition) is 4. The molecule has 140 valence electrons. The maximum atomic E-state index is 12.2. The van der Waals surface area contributed by atoms with Gasteiger partial charge in [0.05, 0.1) is 12.8 Å². The third kappa shape index (κ3) is 4.10. The van der Waals surface area contributed by atoms with Gasteiger partial charge in [-0.2, -0.15) is 10.4 Å². The average Bonchev–Trinajstić information content (AvgIpc) is 3.16. The van der Waals surface area contributed by atoms with Gasteiger partial charge < -0.3 is 10.1 Å². The van der Waals surface area contributed by atoms with Gasteiger partial charge in [-0.25, -0.2) is 4.68 Å². The lowest BCUT2D eigenvalue weighted by Gasteiger charge is -2.04. The van der Waals surface area contributed by atoms with Gasteiger partial charge in [0.25, 0.3) is 5.91 Å². The van der Waals surface area contributed by atoms with Gasteiger partial charge in [0.15, 0.2) is 0 Å². The molecule has 0 unspecified atom stereocenters. The standard InChI is InChI=1S/C22H20N4O2/c1-3-24-22(27)17(14-23)12-18-15-26(19-9-5-4-6-10-19)25-21(18)16-8-7-11-20(13-16)28-2/h4-13,15H,3H2,1-2H3,(H,24,27). The molecule has 1 aromatic heterocycles. The van der Waals surface area contributed by atoms with Crippen LogP contribution in [-0.2, 0) is 4.79 Å². The SMILES string of the molecule is CCNC(=O)C(C#N)=Cc1cn(-c2ccccc2)nc1-c1cccc(OC)c1. The quantitative estimate of drug-likeness (QED) is 0.530. The minimum Gasteiger partial charge on any atom is -0.497 e. The van der Waals surface area contributed by atoms with E-state index in [0.29, 0.717) is 23.6 Å². The molecule has 1 N–H and O–H groups in total. The second kappa shape index (κ2) is 8.69. The normalized spacial score (nSPS) is 11.0. The number of ether oxygens (including phenoxy) is 1. The summed E-state index contributed by atoms with van der Waals surface area (Å²) < 4.78 is 7.04. The number of amides is 1. The number of likely N-dealkylation sites (N-methyl/N-ethyl adjacent to an activating group) is 1. The zero-order valence-corrected chi connectivity index (χ0v) is 15.7. The van der Waals surface area contributed by atoms with E-state index in [2.05, 4.69) is 5.32 Å². The number of aromatic nitrogens is 2. The molecule has 0 aliphatic rings. The number of nitrogens with one attached hydrogen (secondary N) is 1. The van der Waals surface area contributed by atoms with Crippen molar-refractivity contribution >= 4 is 12.0 Å². The van der Waals surface area contributed by atoms with E-state index in [0.717, 1.165) is 11.3 Å². The van der Waals surface area contributed by atoms with E-state index in [4.69, 9.17) is 9.84 Å². The molecule has 0 saturated carbocycles. The maximum Gasteiger partial charge on any atom is 0.261 e. The molecule has 0 fully saturated rings. The van der Waals surface area contributed by atoms with Crippen molar-refractivity contribution in [3.05, 3.63) is 71.9 Å². The summed E-state index contributed by atoms with van der Waals surface area (Å²) in [6.07, 6.45) is 3.37. The number of benzene rings is 2. The molecular weight excluding hydrogens is 352 g/mol. The van der Waals surface area contributed by atoms with Crippen LogP contribution >= 0.6 is 0 Å². The van der Waals surface area contributed by atoms with Crippen LogP contribution < -0.4 is 10.1 Å². The molecule has 3 rings (SSSR count). The van der Waals surface area contributed by atoms with Gasteiger partial charge in [-0.1, -0.05) is 30.3 Å². The Morgan fingerprint density at radius 3 is 2.71 bits per heavy atom. The second-order valence-electron chi connectivity index (χ2n) is 5.97. The molecule has 0 bridgehead atoms. The van der Waals surface area contributed by atoms with E-state index >= 15 is 0 Å². The van der Waals surface area contributed by atoms with E-state index in [1.165, 1.54) is 0 Å². The van der Waals surface area contributed by atoms with Crippen molar-refractivity contribution in [2.45, 2.75) is 6.92 Å². The highest BCUT2D eigenvalue weighted by Crippen LogP contribution is 2.28. The molecule has 6 heteroatoms. The largest absolute Gasteiger partial charge is 0.497 e. The number of carbonyl (C=O) groups excluding carboxylic acids is 1. The van der Waals surface area contributed by atoms with E-state index < -0.39 is 5.91 Å². The zero-order chi connectivity index (χ0) is 19.9. The fourth-order valence-corrected chi connectivity index (χ4v) is 2.76. The predicted molar refractivity (Wildman–Crippen MR) is 108 cm³/mol. The summed E-state index contributed by atoms with van der Waals surface area (Å²) in [5, 5.41) is 16.8. The van der Waals surface area contributed by atoms with Crippen molar-refractivity contribution < 1.29 is 9.53 Å². The third-order valence-corrected chi connectivity index (χ3v) is 4.11. The van der Waals surface area contributed by atoms with Crippen LogP contribution in [-0.4, -0.2) is 29.3 Å². The van der Waals surface area contributed by atoms with Crippen LogP contribution in [0.3, 0.4) is 0 Å². The van der Waals surface area contributed by atoms with E-state index in [1.807, 2.05) is 67.6 Å². The molecule has 28 heavy (non-hydrogen) atoms. The van der Waals surface area contributed by atoms with Gasteiger partial charge in [0, 0.05) is 23.9 Å². The fraction of sp³-hybridized carbons (Fsp3) is 0.136. The van der Waals surface area contributed by atoms with Crippen LogP contribution in [0.2, 0.25) is 0 Å². The summed E-state index contributed by atoms with van der Waals surface area (Å²) in [7, 11) is 1.60. The molecule has 0 saturated heterocycles. The van der Waals surface area contributed by atoms with Gasteiger partial charge in [-0.05, 0) is 37.3 Å². The number of hydrogen-bond donors (Lipinski definition) is 1. The van der Waals surface area contributed by atoms with Crippen molar-refractivity contribution in [1.82, 2.24) is 15.1 Å². The smallest absolute Gasteiger partial charge is 0.261 e. The monoisotopic (exact) mass is 372 g/mol. The van der Waals surface area contributed by atoms with Gasteiger partial charge in [0.2, 0.25) is 0 Å². The van der Waals surface area contributed by atoms with E-state index in [-0.39, 0.29) is 5.57 Å². The lowest BCUT2D eigenvalue weighted by molar-refractivity contribution is -0.116. The molecule has 1 amide bonds. The van der Waals surface area contributed by atoms with Gasteiger partial charge >= 0.3 is 0 Å². The third-order valence-electron chi connectivity index (χ3n) is 4.11. The minimum atomic E-state index is -0.408. The Labute approximate surface area is 163 Å². The van der Waals surface area contributed by atoms with Crippen LogP contribution in [0.5, 0.6) is 5.75 Å². The molecule has 0 spiro atoms. The Hall–Kier alpha value is -3.85. The van der Waals surface area contributed by atoms with Gasteiger partial charge in [0.1, 0.15) is 23.1 Å². The Morgan fingerprint density at radius 1 is 1.25 bits per heavy atom. The highest BCUT2D eigenvalue weighted by atomic mass is 16.5. The second-order valence-corrected chi connectivity index (χ2v) is 5.97. The van der Waals surface area contributed by atoms with Crippen LogP contribution in [0.15, 0.2) is 66.4 Å². The number of rotatable bonds is 6. The zero-order valence-electron chi connectivity index (χ0n) is 15.7. The van der Waals surface area contributed by atoms with Crippen LogP contribution in [0.4, 0.5) is 0 Å². The van der Waals surface area contributed by atoms with Crippen molar-refractivity contribution in [3.63, 3.8) is 0 Å². The lowest BCUT2D eigenvalue weighted by Crippen LogP contribution is -2.23. The topological polar surface area (TPSA) is 79.9 Å². The predicted octanol–water partition coefficient (Wildman–Crippen LogP) is 3.59. The lowest BCUT2D eigenvalue weighted by atomic mass is 10.1. The first-order valence-corrected chi connectivity index (χ1v) is 8.85. The first kappa shape index (κ1) is 18.9. The average molecular weight is 372 g/mol. The van der Waals surface area contributed by atoms with Crippen LogP contribution in [0, 0.1) is 11.3 Å². The molecule has 0 radical (unpaired) electrons. The number of carbonyl (C=O) groups is 1. The first-order valence-electron chi connectivity index (χ1n) is 8.85. The Kier molecular flexibility index (Phi) is 5.87. The van der Waals surface area contributed by atoms with Crippen LogP contribution in [0.25, 0.3) is 23.0 Å². The molecule has 6 nitrogen and oxygen atoms in total. The van der Waals surface area contributed by atoms with Crippen molar-refractivity contribution in [2.75, 3.05) is 13.7 Å². The molecule has 0 atom stereocenters. The summed E-state index contributed by atoms with van der Waals surface area (Å²) in [6.45, 7) is 2.26. The Balaban J connectivity index is 2.15. The summed E-state index contributed by atoms with van der Waals surface area (Å²) in [5.74, 6) is 0.292. The van der Waals surface area contributed by atoms with Crippen molar-refractivity contribution in [1.29, 1.82) is 5.26 Å². The fourth-order valence-electron chi connectivity index (χ4n) is 2.76. The molecule has 0 aliphatic carbocycles. The number of nitrogens with zero attached hydrogens (tertiary/aromatic N) is 3.